The average molecular weight is 209 g/mol. The fourth-order valence-corrected chi connectivity index (χ4v) is 2.15. The van der Waals surface area contributed by atoms with E-state index in [1.54, 1.807) is 0 Å². The number of aliphatic hydroxyl groups is 1. The smallest absolute Gasteiger partial charge is 0.122 e. The highest BCUT2D eigenvalue weighted by atomic mass is 16.3. The lowest BCUT2D eigenvalue weighted by molar-refractivity contribution is 0.111. The van der Waals surface area contributed by atoms with E-state index in [0.717, 1.165) is 31.6 Å². The zero-order chi connectivity index (χ0) is 10.7. The van der Waals surface area contributed by atoms with Gasteiger partial charge >= 0.3 is 0 Å². The minimum atomic E-state index is -0.113. The van der Waals surface area contributed by atoms with Crippen LogP contribution in [0, 0.1) is 0 Å². The fraction of sp³-hybridized carbons (Fsp3) is 0.727. The average Bonchev–Trinajstić information content (AvgIpc) is 2.61. The number of nitrogens with one attached hydrogen (secondary N) is 1. The third-order valence-electron chi connectivity index (χ3n) is 3.12. The van der Waals surface area contributed by atoms with Gasteiger partial charge in [-0.25, -0.2) is 4.98 Å². The molecule has 1 aliphatic rings. The Bertz CT molecular complexity index is 311. The van der Waals surface area contributed by atoms with Gasteiger partial charge in [0.15, 0.2) is 0 Å². The van der Waals surface area contributed by atoms with E-state index < -0.39 is 0 Å². The number of aromatic nitrogens is 2. The predicted molar refractivity (Wildman–Crippen MR) is 58.3 cm³/mol. The molecule has 0 aromatic carbocycles. The summed E-state index contributed by atoms with van der Waals surface area (Å²) in [5.41, 5.74) is 0. The first-order valence-corrected chi connectivity index (χ1v) is 5.63. The molecule has 1 aromatic rings. The molecule has 0 saturated heterocycles. The van der Waals surface area contributed by atoms with Crippen LogP contribution in [0.15, 0.2) is 12.4 Å². The Morgan fingerprint density at radius 3 is 3.13 bits per heavy atom. The summed E-state index contributed by atoms with van der Waals surface area (Å²) < 4.78 is 2.02. The number of aryl methyl sites for hydroxylation is 1. The maximum atomic E-state index is 9.53. The molecule has 2 rings (SSSR count). The van der Waals surface area contributed by atoms with Crippen LogP contribution in [-0.2, 0) is 13.6 Å². The van der Waals surface area contributed by atoms with Gasteiger partial charge in [0.05, 0.1) is 12.6 Å². The van der Waals surface area contributed by atoms with Crippen LogP contribution in [0.1, 0.15) is 31.5 Å². The molecule has 15 heavy (non-hydrogen) atoms. The molecule has 1 heterocycles. The molecular weight excluding hydrogens is 190 g/mol. The number of aliphatic hydroxyl groups excluding tert-OH is 1. The molecule has 0 spiro atoms. The monoisotopic (exact) mass is 209 g/mol. The van der Waals surface area contributed by atoms with E-state index in [9.17, 15) is 5.11 Å². The molecule has 0 bridgehead atoms. The summed E-state index contributed by atoms with van der Waals surface area (Å²) in [4.78, 5) is 4.26. The molecule has 1 saturated carbocycles. The van der Waals surface area contributed by atoms with Gasteiger partial charge in [-0.05, 0) is 25.7 Å². The van der Waals surface area contributed by atoms with Crippen molar-refractivity contribution in [1.82, 2.24) is 14.9 Å². The van der Waals surface area contributed by atoms with Crippen molar-refractivity contribution in [3.63, 3.8) is 0 Å². The summed E-state index contributed by atoms with van der Waals surface area (Å²) in [6.45, 7) is 0.793. The molecule has 0 amide bonds. The van der Waals surface area contributed by atoms with Gasteiger partial charge in [-0.3, -0.25) is 0 Å². The lowest BCUT2D eigenvalue weighted by Crippen LogP contribution is -2.36. The van der Waals surface area contributed by atoms with Crippen LogP contribution >= 0.6 is 0 Å². The van der Waals surface area contributed by atoms with Crippen molar-refractivity contribution in [1.29, 1.82) is 0 Å². The third-order valence-corrected chi connectivity index (χ3v) is 3.12. The number of hydrogen-bond acceptors (Lipinski definition) is 3. The number of hydrogen-bond donors (Lipinski definition) is 2. The summed E-state index contributed by atoms with van der Waals surface area (Å²) in [6.07, 6.45) is 7.78. The molecule has 1 fully saturated rings. The molecule has 1 aliphatic carbocycles. The summed E-state index contributed by atoms with van der Waals surface area (Å²) in [5, 5.41) is 13.0. The highest BCUT2D eigenvalue weighted by Crippen LogP contribution is 2.18. The van der Waals surface area contributed by atoms with Gasteiger partial charge < -0.3 is 15.0 Å². The van der Waals surface area contributed by atoms with E-state index in [-0.39, 0.29) is 6.10 Å². The van der Waals surface area contributed by atoms with Crippen molar-refractivity contribution in [2.24, 2.45) is 7.05 Å². The van der Waals surface area contributed by atoms with E-state index in [1.807, 2.05) is 24.0 Å². The quantitative estimate of drug-likeness (QED) is 0.774. The van der Waals surface area contributed by atoms with Crippen molar-refractivity contribution >= 4 is 0 Å². The predicted octanol–water partition coefficient (Wildman–Crippen LogP) is 0.813. The summed E-state index contributed by atoms with van der Waals surface area (Å²) in [6, 6.07) is 0.449. The van der Waals surface area contributed by atoms with Crippen LogP contribution in [0.4, 0.5) is 0 Å². The maximum absolute atomic E-state index is 9.53. The molecule has 2 unspecified atom stereocenters. The Labute approximate surface area is 90.3 Å². The molecule has 0 aliphatic heterocycles. The Morgan fingerprint density at radius 1 is 1.60 bits per heavy atom. The van der Waals surface area contributed by atoms with Gasteiger partial charge in [-0.1, -0.05) is 0 Å². The fourth-order valence-electron chi connectivity index (χ4n) is 2.15. The van der Waals surface area contributed by atoms with E-state index in [1.165, 1.54) is 6.42 Å². The summed E-state index contributed by atoms with van der Waals surface area (Å²) in [7, 11) is 2.00. The molecule has 2 N–H and O–H groups in total. The topological polar surface area (TPSA) is 50.1 Å². The van der Waals surface area contributed by atoms with Crippen molar-refractivity contribution in [3.8, 4) is 0 Å². The zero-order valence-electron chi connectivity index (χ0n) is 9.19. The maximum Gasteiger partial charge on any atom is 0.122 e. The van der Waals surface area contributed by atoms with Crippen LogP contribution in [0.5, 0.6) is 0 Å². The van der Waals surface area contributed by atoms with E-state index >= 15 is 0 Å². The van der Waals surface area contributed by atoms with Crippen LogP contribution in [-0.4, -0.2) is 26.8 Å². The van der Waals surface area contributed by atoms with E-state index in [2.05, 4.69) is 10.3 Å². The molecule has 4 heteroatoms. The van der Waals surface area contributed by atoms with E-state index in [4.69, 9.17) is 0 Å². The lowest BCUT2D eigenvalue weighted by Gasteiger charge is -2.26. The van der Waals surface area contributed by atoms with Gasteiger partial charge in [0.25, 0.3) is 0 Å². The Morgan fingerprint density at radius 2 is 2.47 bits per heavy atom. The van der Waals surface area contributed by atoms with Crippen LogP contribution < -0.4 is 5.32 Å². The first kappa shape index (κ1) is 10.6. The SMILES string of the molecule is Cn1ccnc1CNC1CCCC(O)C1. The number of rotatable bonds is 3. The van der Waals surface area contributed by atoms with Crippen molar-refractivity contribution < 1.29 is 5.11 Å². The Balaban J connectivity index is 1.80. The second-order valence-corrected chi connectivity index (χ2v) is 4.35. The number of imidazole rings is 1. The standard InChI is InChI=1S/C11H19N3O/c1-14-6-5-12-11(14)8-13-9-3-2-4-10(15)7-9/h5-6,9-10,13,15H,2-4,7-8H2,1H3. The second-order valence-electron chi connectivity index (χ2n) is 4.35. The molecular formula is C11H19N3O. The van der Waals surface area contributed by atoms with Gasteiger partial charge in [0.1, 0.15) is 5.82 Å². The van der Waals surface area contributed by atoms with Crippen molar-refractivity contribution in [2.45, 2.75) is 44.4 Å². The highest BCUT2D eigenvalue weighted by Gasteiger charge is 2.19. The van der Waals surface area contributed by atoms with Gasteiger partial charge in [0.2, 0.25) is 0 Å². The Kier molecular flexibility index (Phi) is 3.38. The van der Waals surface area contributed by atoms with E-state index in [0.29, 0.717) is 6.04 Å². The van der Waals surface area contributed by atoms with Crippen LogP contribution in [0.2, 0.25) is 0 Å². The van der Waals surface area contributed by atoms with Gasteiger partial charge in [-0.2, -0.15) is 0 Å². The second kappa shape index (κ2) is 4.77. The normalized spacial score (nSPS) is 26.8. The Hall–Kier alpha value is -0.870. The lowest BCUT2D eigenvalue weighted by atomic mass is 9.93. The molecule has 0 radical (unpaired) electrons. The van der Waals surface area contributed by atoms with Crippen LogP contribution in [0.25, 0.3) is 0 Å². The van der Waals surface area contributed by atoms with Gasteiger partial charge in [-0.15, -0.1) is 0 Å². The highest BCUT2D eigenvalue weighted by molar-refractivity contribution is 4.91. The summed E-state index contributed by atoms with van der Waals surface area (Å²) >= 11 is 0. The zero-order valence-corrected chi connectivity index (χ0v) is 9.19. The summed E-state index contributed by atoms with van der Waals surface area (Å²) in [5.74, 6) is 1.05. The largest absolute Gasteiger partial charge is 0.393 e. The van der Waals surface area contributed by atoms with Crippen molar-refractivity contribution in [3.05, 3.63) is 18.2 Å². The molecule has 4 nitrogen and oxygen atoms in total. The number of nitrogens with zero attached hydrogens (tertiary/aromatic N) is 2. The van der Waals surface area contributed by atoms with Gasteiger partial charge in [0, 0.05) is 25.5 Å². The third kappa shape index (κ3) is 2.79. The minimum Gasteiger partial charge on any atom is -0.393 e. The first-order chi connectivity index (χ1) is 7.25. The molecule has 1 aromatic heterocycles. The minimum absolute atomic E-state index is 0.113. The van der Waals surface area contributed by atoms with Crippen LogP contribution in [0.3, 0.4) is 0 Å². The molecule has 84 valence electrons. The van der Waals surface area contributed by atoms with Crippen molar-refractivity contribution in [2.75, 3.05) is 0 Å². The molecule has 2 atom stereocenters. The first-order valence-electron chi connectivity index (χ1n) is 5.63.